The molecule has 0 saturated carbocycles. The molecule has 6 rings (SSSR count). The largest absolute Gasteiger partial charge is 0.415 e. The Labute approximate surface area is 199 Å². The summed E-state index contributed by atoms with van der Waals surface area (Å²) in [5.74, 6) is -0.883. The monoisotopic (exact) mass is 481 g/mol. The Morgan fingerprint density at radius 2 is 1.80 bits per heavy atom. The summed E-state index contributed by atoms with van der Waals surface area (Å²) in [7, 11) is 2.12. The standard InChI is InChI=1S/C24H22F3N7O/c1-32-11-18-9-17(32)12-34(18)21-8-16(6-7-19(21)25)20-13-33(31-28-20)10-14-2-4-15(5-3-14)23-29-30-24(35-23)22(26)27/h2-8,13,17-18,22H,9-12H2,1H3/t17-,18-/m0/s1. The molecule has 0 radical (unpaired) electrons. The zero-order chi connectivity index (χ0) is 24.1. The minimum absolute atomic E-state index is 0.0416. The van der Waals surface area contributed by atoms with E-state index in [1.54, 1.807) is 22.9 Å². The van der Waals surface area contributed by atoms with Gasteiger partial charge in [0.15, 0.2) is 0 Å². The molecule has 2 atom stereocenters. The lowest BCUT2D eigenvalue weighted by Crippen LogP contribution is -2.44. The fourth-order valence-electron chi connectivity index (χ4n) is 4.94. The summed E-state index contributed by atoms with van der Waals surface area (Å²) in [5, 5.41) is 15.5. The van der Waals surface area contributed by atoms with Crippen molar-refractivity contribution in [1.29, 1.82) is 0 Å². The fourth-order valence-corrected chi connectivity index (χ4v) is 4.94. The third-order valence-electron chi connectivity index (χ3n) is 6.78. The van der Waals surface area contributed by atoms with Gasteiger partial charge in [-0.3, -0.25) is 4.90 Å². The SMILES string of the molecule is CN1C[C@@H]2C[C@H]1CN2c1cc(-c2cn(Cc3ccc(-c4nnc(C(F)F)o4)cc3)nn2)ccc1F. The first-order valence-electron chi connectivity index (χ1n) is 11.3. The van der Waals surface area contributed by atoms with E-state index in [1.165, 1.54) is 6.07 Å². The number of fused-ring (bicyclic) bond motifs is 2. The van der Waals surface area contributed by atoms with Crippen LogP contribution in [0.25, 0.3) is 22.7 Å². The summed E-state index contributed by atoms with van der Waals surface area (Å²) in [4.78, 5) is 4.51. The van der Waals surface area contributed by atoms with Crippen molar-refractivity contribution in [2.75, 3.05) is 25.0 Å². The predicted octanol–water partition coefficient (Wildman–Crippen LogP) is 4.01. The Balaban J connectivity index is 1.17. The maximum Gasteiger partial charge on any atom is 0.314 e. The summed E-state index contributed by atoms with van der Waals surface area (Å²) < 4.78 is 46.7. The van der Waals surface area contributed by atoms with Crippen molar-refractivity contribution in [1.82, 2.24) is 30.1 Å². The van der Waals surface area contributed by atoms with Crippen LogP contribution in [0.15, 0.2) is 53.1 Å². The lowest BCUT2D eigenvalue weighted by atomic mass is 10.1. The highest BCUT2D eigenvalue weighted by atomic mass is 19.3. The highest BCUT2D eigenvalue weighted by molar-refractivity contribution is 5.66. The second-order valence-electron chi connectivity index (χ2n) is 9.05. The molecule has 0 aliphatic carbocycles. The van der Waals surface area contributed by atoms with Gasteiger partial charge in [0.1, 0.15) is 11.5 Å². The number of nitrogens with zero attached hydrogens (tertiary/aromatic N) is 7. The van der Waals surface area contributed by atoms with E-state index in [2.05, 4.69) is 37.4 Å². The van der Waals surface area contributed by atoms with E-state index in [4.69, 9.17) is 4.42 Å². The molecule has 2 aromatic heterocycles. The van der Waals surface area contributed by atoms with Crippen molar-refractivity contribution in [3.63, 3.8) is 0 Å². The van der Waals surface area contributed by atoms with Gasteiger partial charge in [0, 0.05) is 36.3 Å². The maximum absolute atomic E-state index is 14.7. The number of hydrogen-bond donors (Lipinski definition) is 0. The van der Waals surface area contributed by atoms with Gasteiger partial charge in [0.05, 0.1) is 18.4 Å². The Morgan fingerprint density at radius 1 is 1.00 bits per heavy atom. The van der Waals surface area contributed by atoms with Crippen LogP contribution in [-0.4, -0.2) is 62.3 Å². The Bertz CT molecular complexity index is 1350. The molecule has 0 N–H and O–H groups in total. The molecule has 4 heterocycles. The van der Waals surface area contributed by atoms with Crippen molar-refractivity contribution >= 4 is 5.69 Å². The van der Waals surface area contributed by atoms with Crippen LogP contribution in [0.1, 0.15) is 24.3 Å². The predicted molar refractivity (Wildman–Crippen MR) is 121 cm³/mol. The van der Waals surface area contributed by atoms with Crippen molar-refractivity contribution < 1.29 is 17.6 Å². The Hall–Kier alpha value is -3.73. The van der Waals surface area contributed by atoms with Gasteiger partial charge in [-0.1, -0.05) is 17.3 Å². The van der Waals surface area contributed by atoms with Crippen LogP contribution in [0.2, 0.25) is 0 Å². The first kappa shape index (κ1) is 21.8. The van der Waals surface area contributed by atoms with Crippen LogP contribution in [0.4, 0.5) is 18.9 Å². The molecular weight excluding hydrogens is 459 g/mol. The summed E-state index contributed by atoms with van der Waals surface area (Å²) in [6, 6.07) is 13.0. The van der Waals surface area contributed by atoms with E-state index >= 15 is 0 Å². The quantitative estimate of drug-likeness (QED) is 0.412. The minimum Gasteiger partial charge on any atom is -0.415 e. The van der Waals surface area contributed by atoms with Gasteiger partial charge in [-0.05, 0) is 49.4 Å². The second-order valence-corrected chi connectivity index (χ2v) is 9.05. The molecule has 0 amide bonds. The molecule has 35 heavy (non-hydrogen) atoms. The van der Waals surface area contributed by atoms with Gasteiger partial charge in [-0.2, -0.15) is 8.78 Å². The number of hydrogen-bond acceptors (Lipinski definition) is 7. The minimum atomic E-state index is -2.80. The first-order chi connectivity index (χ1) is 16.9. The molecule has 0 spiro atoms. The van der Waals surface area contributed by atoms with Crippen molar-refractivity contribution in [3.8, 4) is 22.7 Å². The van der Waals surface area contributed by atoms with Gasteiger partial charge in [-0.25, -0.2) is 9.07 Å². The number of anilines is 1. The molecule has 2 bridgehead atoms. The van der Waals surface area contributed by atoms with Crippen LogP contribution in [0.5, 0.6) is 0 Å². The smallest absolute Gasteiger partial charge is 0.314 e. The van der Waals surface area contributed by atoms with Gasteiger partial charge in [0.25, 0.3) is 5.89 Å². The summed E-state index contributed by atoms with van der Waals surface area (Å²) in [6.45, 7) is 2.23. The second kappa shape index (κ2) is 8.49. The number of alkyl halides is 2. The third kappa shape index (κ3) is 4.05. The number of benzene rings is 2. The lowest BCUT2D eigenvalue weighted by molar-refractivity contribution is 0.116. The van der Waals surface area contributed by atoms with Crippen LogP contribution >= 0.6 is 0 Å². The molecule has 2 saturated heterocycles. The zero-order valence-corrected chi connectivity index (χ0v) is 18.9. The highest BCUT2D eigenvalue weighted by Crippen LogP contribution is 2.36. The maximum atomic E-state index is 14.7. The number of rotatable bonds is 6. The molecule has 8 nitrogen and oxygen atoms in total. The van der Waals surface area contributed by atoms with E-state index in [0.29, 0.717) is 35.6 Å². The van der Waals surface area contributed by atoms with Gasteiger partial charge >= 0.3 is 6.43 Å². The molecule has 11 heteroatoms. The van der Waals surface area contributed by atoms with E-state index in [1.807, 2.05) is 24.4 Å². The van der Waals surface area contributed by atoms with Gasteiger partial charge in [0.2, 0.25) is 5.89 Å². The van der Waals surface area contributed by atoms with Crippen LogP contribution in [-0.2, 0) is 6.54 Å². The highest BCUT2D eigenvalue weighted by Gasteiger charge is 2.42. The molecule has 0 unspecified atom stereocenters. The van der Waals surface area contributed by atoms with Crippen LogP contribution in [0, 0.1) is 5.82 Å². The van der Waals surface area contributed by atoms with E-state index in [9.17, 15) is 13.2 Å². The Kier molecular flexibility index (Phi) is 5.28. The summed E-state index contributed by atoms with van der Waals surface area (Å²) >= 11 is 0. The molecule has 2 aliphatic heterocycles. The molecule has 4 aromatic rings. The van der Waals surface area contributed by atoms with E-state index < -0.39 is 12.3 Å². The average Bonchev–Trinajstić information content (AvgIpc) is 3.64. The number of aromatic nitrogens is 5. The van der Waals surface area contributed by atoms with Crippen LogP contribution in [0.3, 0.4) is 0 Å². The summed E-state index contributed by atoms with van der Waals surface area (Å²) in [6.07, 6.45) is 0.0814. The van der Waals surface area contributed by atoms with E-state index in [-0.39, 0.29) is 11.7 Å². The molecule has 180 valence electrons. The number of piperazine rings is 1. The third-order valence-corrected chi connectivity index (χ3v) is 6.78. The first-order valence-corrected chi connectivity index (χ1v) is 11.3. The average molecular weight is 481 g/mol. The normalized spacial score (nSPS) is 19.9. The number of likely N-dealkylation sites (N-methyl/N-ethyl adjacent to an activating group) is 1. The van der Waals surface area contributed by atoms with Gasteiger partial charge in [-0.15, -0.1) is 15.3 Å². The fraction of sp³-hybridized carbons (Fsp3) is 0.333. The lowest BCUT2D eigenvalue weighted by Gasteiger charge is -2.34. The van der Waals surface area contributed by atoms with E-state index in [0.717, 1.165) is 30.6 Å². The summed E-state index contributed by atoms with van der Waals surface area (Å²) in [5.41, 5.74) is 3.56. The molecule has 2 fully saturated rings. The number of likely N-dealkylation sites (tertiary alicyclic amines) is 1. The van der Waals surface area contributed by atoms with Crippen molar-refractivity contribution in [2.45, 2.75) is 31.5 Å². The van der Waals surface area contributed by atoms with Gasteiger partial charge < -0.3 is 9.32 Å². The van der Waals surface area contributed by atoms with Crippen LogP contribution < -0.4 is 4.90 Å². The van der Waals surface area contributed by atoms with Crippen molar-refractivity contribution in [3.05, 3.63) is 65.9 Å². The molecular formula is C24H22F3N7O. The molecule has 2 aromatic carbocycles. The zero-order valence-electron chi connectivity index (χ0n) is 18.9. The Morgan fingerprint density at radius 3 is 2.49 bits per heavy atom. The molecule has 2 aliphatic rings. The number of halogens is 3. The van der Waals surface area contributed by atoms with Crippen molar-refractivity contribution in [2.24, 2.45) is 0 Å². The topological polar surface area (TPSA) is 76.1 Å².